The Balaban J connectivity index is 2.23. The lowest BCUT2D eigenvalue weighted by Crippen LogP contribution is -2.11. The molecule has 1 rings (SSSR count). The molecule has 0 aliphatic heterocycles. The van der Waals surface area contributed by atoms with Gasteiger partial charge in [-0.15, -0.1) is 0 Å². The van der Waals surface area contributed by atoms with Gasteiger partial charge in [-0.1, -0.05) is 48.3 Å². The minimum absolute atomic E-state index is 0.624. The molecule has 4 heteroatoms. The lowest BCUT2D eigenvalue weighted by atomic mass is 10.1. The van der Waals surface area contributed by atoms with Crippen molar-refractivity contribution in [2.45, 2.75) is 39.8 Å². The molecule has 0 aliphatic rings. The van der Waals surface area contributed by atoms with E-state index in [1.54, 1.807) is 0 Å². The molecule has 0 unspecified atom stereocenters. The van der Waals surface area contributed by atoms with Crippen LogP contribution in [0.4, 0.5) is 0 Å². The van der Waals surface area contributed by atoms with E-state index in [-0.39, 0.29) is 0 Å². The molecule has 3 nitrogen and oxygen atoms in total. The molecule has 0 bridgehead atoms. The highest BCUT2D eigenvalue weighted by molar-refractivity contribution is 9.10. The number of hydrogen-bond acceptors (Lipinski definition) is 3. The molecule has 0 saturated heterocycles. The van der Waals surface area contributed by atoms with Crippen LogP contribution >= 0.6 is 15.9 Å². The predicted molar refractivity (Wildman–Crippen MR) is 86.9 cm³/mol. The summed E-state index contributed by atoms with van der Waals surface area (Å²) in [4.78, 5) is 0. The van der Waals surface area contributed by atoms with Crippen molar-refractivity contribution in [3.8, 4) is 0 Å². The van der Waals surface area contributed by atoms with Crippen LogP contribution in [-0.2, 0) is 22.6 Å². The molecular weight excluding hydrogens is 318 g/mol. The number of rotatable bonds is 11. The summed E-state index contributed by atoms with van der Waals surface area (Å²) >= 11 is 3.60. The molecule has 0 aliphatic carbocycles. The van der Waals surface area contributed by atoms with Gasteiger partial charge < -0.3 is 14.8 Å². The second-order valence-corrected chi connectivity index (χ2v) is 5.58. The molecular formula is C16H26BrNO2. The summed E-state index contributed by atoms with van der Waals surface area (Å²) in [7, 11) is 0. The van der Waals surface area contributed by atoms with Crippen LogP contribution in [0.15, 0.2) is 22.7 Å². The summed E-state index contributed by atoms with van der Waals surface area (Å²) in [6.07, 6.45) is 2.30. The molecule has 114 valence electrons. The molecule has 1 aromatic carbocycles. The topological polar surface area (TPSA) is 30.5 Å². The first-order valence-electron chi connectivity index (χ1n) is 7.41. The third kappa shape index (κ3) is 7.39. The summed E-state index contributed by atoms with van der Waals surface area (Å²) in [6.45, 7) is 8.95. The van der Waals surface area contributed by atoms with Gasteiger partial charge in [-0.3, -0.25) is 0 Å². The van der Waals surface area contributed by atoms with Gasteiger partial charge in [0.1, 0.15) is 0 Å². The van der Waals surface area contributed by atoms with Crippen molar-refractivity contribution in [3.63, 3.8) is 0 Å². The van der Waals surface area contributed by atoms with Crippen molar-refractivity contribution in [1.29, 1.82) is 0 Å². The molecule has 0 atom stereocenters. The highest BCUT2D eigenvalue weighted by atomic mass is 79.9. The molecule has 1 N–H and O–H groups in total. The van der Waals surface area contributed by atoms with Crippen molar-refractivity contribution in [2.75, 3.05) is 26.4 Å². The fourth-order valence-corrected chi connectivity index (χ4v) is 2.28. The maximum atomic E-state index is 5.63. The van der Waals surface area contributed by atoms with Gasteiger partial charge in [0.25, 0.3) is 0 Å². The first-order valence-corrected chi connectivity index (χ1v) is 8.20. The highest BCUT2D eigenvalue weighted by Gasteiger charge is 2.02. The Kier molecular flexibility index (Phi) is 9.93. The predicted octanol–water partition coefficient (Wildman–Crippen LogP) is 3.89. The minimum Gasteiger partial charge on any atom is -0.379 e. The van der Waals surface area contributed by atoms with E-state index in [0.717, 1.165) is 30.6 Å². The summed E-state index contributed by atoms with van der Waals surface area (Å²) in [6, 6.07) is 6.41. The number of benzene rings is 1. The Morgan fingerprint density at radius 1 is 1.10 bits per heavy atom. The summed E-state index contributed by atoms with van der Waals surface area (Å²) in [5.74, 6) is 0. The maximum absolute atomic E-state index is 5.63. The first kappa shape index (κ1) is 17.6. The first-order chi connectivity index (χ1) is 9.77. The van der Waals surface area contributed by atoms with Gasteiger partial charge in [-0.25, -0.2) is 0 Å². The Morgan fingerprint density at radius 2 is 1.90 bits per heavy atom. The van der Waals surface area contributed by atoms with Gasteiger partial charge in [-0.05, 0) is 30.2 Å². The van der Waals surface area contributed by atoms with Crippen LogP contribution in [0, 0.1) is 0 Å². The second kappa shape index (κ2) is 11.3. The third-order valence-corrected chi connectivity index (χ3v) is 3.71. The largest absolute Gasteiger partial charge is 0.379 e. The van der Waals surface area contributed by atoms with Gasteiger partial charge in [0.15, 0.2) is 0 Å². The average Bonchev–Trinajstić information content (AvgIpc) is 2.46. The van der Waals surface area contributed by atoms with Gasteiger partial charge in [0.05, 0.1) is 19.8 Å². The fraction of sp³-hybridized carbons (Fsp3) is 0.625. The second-order valence-electron chi connectivity index (χ2n) is 4.72. The number of nitrogens with one attached hydrogen (secondary N) is 1. The van der Waals surface area contributed by atoms with E-state index in [0.29, 0.717) is 19.8 Å². The summed E-state index contributed by atoms with van der Waals surface area (Å²) in [5, 5.41) is 3.32. The quantitative estimate of drug-likeness (QED) is 0.618. The highest BCUT2D eigenvalue weighted by Crippen LogP contribution is 2.19. The van der Waals surface area contributed by atoms with E-state index >= 15 is 0 Å². The molecule has 20 heavy (non-hydrogen) atoms. The summed E-state index contributed by atoms with van der Waals surface area (Å²) in [5.41, 5.74) is 2.46. The van der Waals surface area contributed by atoms with Crippen LogP contribution in [-0.4, -0.2) is 26.4 Å². The van der Waals surface area contributed by atoms with Gasteiger partial charge in [0.2, 0.25) is 0 Å². The van der Waals surface area contributed by atoms with E-state index in [1.165, 1.54) is 17.5 Å². The monoisotopic (exact) mass is 343 g/mol. The number of unbranched alkanes of at least 4 members (excludes halogenated alkanes) is 1. The number of hydrogen-bond donors (Lipinski definition) is 1. The van der Waals surface area contributed by atoms with Crippen LogP contribution in [0.2, 0.25) is 0 Å². The van der Waals surface area contributed by atoms with Gasteiger partial charge in [-0.2, -0.15) is 0 Å². The summed E-state index contributed by atoms with van der Waals surface area (Å²) < 4.78 is 12.2. The normalized spacial score (nSPS) is 10.9. The van der Waals surface area contributed by atoms with Gasteiger partial charge in [0, 0.05) is 17.6 Å². The van der Waals surface area contributed by atoms with E-state index in [9.17, 15) is 0 Å². The Bertz CT molecular complexity index is 371. The zero-order valence-electron chi connectivity index (χ0n) is 12.6. The smallest absolute Gasteiger partial charge is 0.0728 e. The van der Waals surface area contributed by atoms with E-state index < -0.39 is 0 Å². The molecule has 0 radical (unpaired) electrons. The van der Waals surface area contributed by atoms with Crippen LogP contribution in [0.25, 0.3) is 0 Å². The zero-order valence-corrected chi connectivity index (χ0v) is 14.2. The molecule has 0 saturated carbocycles. The minimum atomic E-state index is 0.624. The molecule has 0 amide bonds. The van der Waals surface area contributed by atoms with Crippen LogP contribution in [0.3, 0.4) is 0 Å². The molecule has 1 aromatic rings. The lowest BCUT2D eigenvalue weighted by Gasteiger charge is -2.09. The molecule has 0 aromatic heterocycles. The van der Waals surface area contributed by atoms with Gasteiger partial charge >= 0.3 is 0 Å². The van der Waals surface area contributed by atoms with Crippen LogP contribution in [0.5, 0.6) is 0 Å². The van der Waals surface area contributed by atoms with Crippen molar-refractivity contribution in [3.05, 3.63) is 33.8 Å². The van der Waals surface area contributed by atoms with E-state index in [2.05, 4.69) is 53.3 Å². The van der Waals surface area contributed by atoms with Crippen molar-refractivity contribution in [1.82, 2.24) is 5.32 Å². The maximum Gasteiger partial charge on any atom is 0.0728 e. The van der Waals surface area contributed by atoms with E-state index in [4.69, 9.17) is 9.47 Å². The zero-order chi connectivity index (χ0) is 14.6. The molecule has 0 spiro atoms. The molecule has 0 fully saturated rings. The van der Waals surface area contributed by atoms with Crippen LogP contribution in [0.1, 0.15) is 37.8 Å². The van der Waals surface area contributed by atoms with Crippen LogP contribution < -0.4 is 5.32 Å². The van der Waals surface area contributed by atoms with Crippen molar-refractivity contribution >= 4 is 15.9 Å². The standard InChI is InChI=1S/C16H26BrNO2/c1-3-5-8-19-9-10-20-13-15-7-6-14(11-16(15)17)12-18-4-2/h6-7,11,18H,3-5,8-10,12-13H2,1-2H3. The van der Waals surface area contributed by atoms with Crippen molar-refractivity contribution in [2.24, 2.45) is 0 Å². The number of ether oxygens (including phenoxy) is 2. The van der Waals surface area contributed by atoms with Crippen molar-refractivity contribution < 1.29 is 9.47 Å². The average molecular weight is 344 g/mol. The Hall–Kier alpha value is -0.420. The third-order valence-electron chi connectivity index (χ3n) is 2.97. The number of halogens is 1. The Labute approximate surface area is 131 Å². The molecule has 0 heterocycles. The van der Waals surface area contributed by atoms with E-state index in [1.807, 2.05) is 0 Å². The lowest BCUT2D eigenvalue weighted by molar-refractivity contribution is 0.0395. The SMILES string of the molecule is CCCCOCCOCc1ccc(CNCC)cc1Br. The Morgan fingerprint density at radius 3 is 2.60 bits per heavy atom. The fourth-order valence-electron chi connectivity index (χ4n) is 1.74.